The zero-order valence-electron chi connectivity index (χ0n) is 13.8. The normalized spacial score (nSPS) is 25.0. The van der Waals surface area contributed by atoms with Gasteiger partial charge in [0.15, 0.2) is 0 Å². The number of aromatic nitrogens is 3. The van der Waals surface area contributed by atoms with Crippen molar-refractivity contribution in [3.8, 4) is 0 Å². The molecule has 0 spiro atoms. The van der Waals surface area contributed by atoms with Crippen LogP contribution < -0.4 is 5.73 Å². The number of nitrogens with two attached hydrogens (primary N) is 1. The maximum atomic E-state index is 12.9. The van der Waals surface area contributed by atoms with E-state index in [0.717, 1.165) is 25.7 Å². The van der Waals surface area contributed by atoms with E-state index < -0.39 is 16.1 Å². The molecular weight excluding hydrogens is 332 g/mol. The molecule has 0 radical (unpaired) electrons. The predicted octanol–water partition coefficient (Wildman–Crippen LogP) is -0.00940. The molecule has 0 saturated carbocycles. The first-order chi connectivity index (χ1) is 11.4. The lowest BCUT2D eigenvalue weighted by Crippen LogP contribution is -2.50. The summed E-state index contributed by atoms with van der Waals surface area (Å²) >= 11 is 0. The van der Waals surface area contributed by atoms with Crippen LogP contribution in [0.1, 0.15) is 49.3 Å². The Morgan fingerprint density at radius 3 is 2.54 bits per heavy atom. The molecule has 10 heteroatoms. The Bertz CT molecular complexity index is 695. The topological polar surface area (TPSA) is 114 Å². The lowest BCUT2D eigenvalue weighted by Gasteiger charge is -2.37. The van der Waals surface area contributed by atoms with Crippen LogP contribution in [-0.2, 0) is 10.2 Å². The number of piperidine rings is 2. The summed E-state index contributed by atoms with van der Waals surface area (Å²) in [4.78, 5) is 15.0. The summed E-state index contributed by atoms with van der Waals surface area (Å²) in [6.07, 6.45) is 4.80. The highest BCUT2D eigenvalue weighted by Gasteiger charge is 2.35. The van der Waals surface area contributed by atoms with Crippen LogP contribution in [0, 0.1) is 5.92 Å². The SMILES string of the molecule is CC1CCN(S(=O)(=O)N2CCCC(n3cnc(C(N)=O)n3)C2)CC1. The summed E-state index contributed by atoms with van der Waals surface area (Å²) < 4.78 is 30.4. The maximum absolute atomic E-state index is 12.9. The van der Waals surface area contributed by atoms with Gasteiger partial charge in [-0.3, -0.25) is 4.79 Å². The molecule has 2 fully saturated rings. The lowest BCUT2D eigenvalue weighted by atomic mass is 10.0. The summed E-state index contributed by atoms with van der Waals surface area (Å²) in [6, 6.07) is -0.127. The van der Waals surface area contributed by atoms with Crippen LogP contribution in [0.25, 0.3) is 0 Å². The molecule has 1 atom stereocenters. The molecule has 2 N–H and O–H groups in total. The first-order valence-electron chi connectivity index (χ1n) is 8.34. The number of rotatable bonds is 4. The highest BCUT2D eigenvalue weighted by molar-refractivity contribution is 7.86. The quantitative estimate of drug-likeness (QED) is 0.815. The second kappa shape index (κ2) is 6.77. The minimum absolute atomic E-state index is 0.0417. The van der Waals surface area contributed by atoms with Crippen molar-refractivity contribution < 1.29 is 13.2 Å². The van der Waals surface area contributed by atoms with Gasteiger partial charge >= 0.3 is 0 Å². The number of carbonyl (C=O) groups excluding carboxylic acids is 1. The van der Waals surface area contributed by atoms with Crippen molar-refractivity contribution in [2.75, 3.05) is 26.2 Å². The van der Waals surface area contributed by atoms with Gasteiger partial charge in [-0.25, -0.2) is 9.67 Å². The predicted molar refractivity (Wildman–Crippen MR) is 87.3 cm³/mol. The highest BCUT2D eigenvalue weighted by Crippen LogP contribution is 2.26. The highest BCUT2D eigenvalue weighted by atomic mass is 32.2. The van der Waals surface area contributed by atoms with Gasteiger partial charge in [0.1, 0.15) is 6.33 Å². The first kappa shape index (κ1) is 17.3. The molecule has 1 aromatic rings. The summed E-state index contributed by atoms with van der Waals surface area (Å²) in [5, 5.41) is 4.07. The molecule has 3 heterocycles. The largest absolute Gasteiger partial charge is 0.363 e. The van der Waals surface area contributed by atoms with E-state index in [1.165, 1.54) is 10.6 Å². The number of nitrogens with zero attached hydrogens (tertiary/aromatic N) is 5. The van der Waals surface area contributed by atoms with E-state index in [0.29, 0.717) is 32.1 Å². The smallest absolute Gasteiger partial charge is 0.288 e. The van der Waals surface area contributed by atoms with E-state index in [9.17, 15) is 13.2 Å². The van der Waals surface area contributed by atoms with Gasteiger partial charge in [-0.05, 0) is 31.6 Å². The fourth-order valence-corrected chi connectivity index (χ4v) is 5.01. The van der Waals surface area contributed by atoms with E-state index in [1.807, 2.05) is 0 Å². The Hall–Kier alpha value is -1.52. The lowest BCUT2D eigenvalue weighted by molar-refractivity contribution is 0.0989. The molecule has 0 aromatic carbocycles. The molecule has 134 valence electrons. The van der Waals surface area contributed by atoms with Crippen molar-refractivity contribution in [2.45, 2.75) is 38.6 Å². The van der Waals surface area contributed by atoms with Gasteiger partial charge in [0.2, 0.25) is 5.82 Å². The van der Waals surface area contributed by atoms with Gasteiger partial charge in [0, 0.05) is 26.2 Å². The second-order valence-electron chi connectivity index (χ2n) is 6.66. The van der Waals surface area contributed by atoms with E-state index in [4.69, 9.17) is 5.73 Å². The third-order valence-electron chi connectivity index (χ3n) is 4.86. The van der Waals surface area contributed by atoms with Crippen LogP contribution in [0.3, 0.4) is 0 Å². The van der Waals surface area contributed by atoms with Crippen molar-refractivity contribution in [1.82, 2.24) is 23.4 Å². The van der Waals surface area contributed by atoms with Gasteiger partial charge in [0.05, 0.1) is 6.04 Å². The molecule has 1 unspecified atom stereocenters. The number of primary amides is 1. The summed E-state index contributed by atoms with van der Waals surface area (Å²) in [7, 11) is -3.45. The Morgan fingerprint density at radius 1 is 1.21 bits per heavy atom. The van der Waals surface area contributed by atoms with Gasteiger partial charge < -0.3 is 5.73 Å². The number of carbonyl (C=O) groups is 1. The Morgan fingerprint density at radius 2 is 1.92 bits per heavy atom. The van der Waals surface area contributed by atoms with Crippen molar-refractivity contribution >= 4 is 16.1 Å². The minimum Gasteiger partial charge on any atom is -0.363 e. The molecule has 3 rings (SSSR count). The molecule has 2 aliphatic heterocycles. The fourth-order valence-electron chi connectivity index (χ4n) is 3.29. The summed E-state index contributed by atoms with van der Waals surface area (Å²) in [5.74, 6) is -0.149. The monoisotopic (exact) mass is 356 g/mol. The van der Waals surface area contributed by atoms with Gasteiger partial charge in [-0.2, -0.15) is 17.0 Å². The zero-order valence-corrected chi connectivity index (χ0v) is 14.7. The Balaban J connectivity index is 1.71. The molecule has 0 bridgehead atoms. The number of hydrogen-bond donors (Lipinski definition) is 1. The minimum atomic E-state index is -3.45. The zero-order chi connectivity index (χ0) is 17.3. The van der Waals surface area contributed by atoms with E-state index in [1.54, 1.807) is 8.99 Å². The summed E-state index contributed by atoms with van der Waals surface area (Å²) in [5.41, 5.74) is 5.17. The van der Waals surface area contributed by atoms with E-state index >= 15 is 0 Å². The standard InChI is InChI=1S/C14H24N6O3S/c1-11-4-7-18(8-5-11)24(22,23)19-6-2-3-12(9-19)20-10-16-14(17-20)13(15)21/h10-12H,2-9H2,1H3,(H2,15,21). The van der Waals surface area contributed by atoms with Crippen LogP contribution >= 0.6 is 0 Å². The first-order valence-corrected chi connectivity index (χ1v) is 9.74. The van der Waals surface area contributed by atoms with Crippen molar-refractivity contribution in [3.63, 3.8) is 0 Å². The average Bonchev–Trinajstić information content (AvgIpc) is 3.06. The third kappa shape index (κ3) is 3.45. The number of hydrogen-bond acceptors (Lipinski definition) is 5. The molecule has 24 heavy (non-hydrogen) atoms. The van der Waals surface area contributed by atoms with Crippen molar-refractivity contribution in [3.05, 3.63) is 12.2 Å². The van der Waals surface area contributed by atoms with Crippen LogP contribution in [0.5, 0.6) is 0 Å². The van der Waals surface area contributed by atoms with Crippen LogP contribution in [0.2, 0.25) is 0 Å². The Kier molecular flexibility index (Phi) is 4.88. The fraction of sp³-hybridized carbons (Fsp3) is 0.786. The molecule has 2 aliphatic rings. The van der Waals surface area contributed by atoms with E-state index in [-0.39, 0.29) is 11.9 Å². The molecule has 1 aromatic heterocycles. The second-order valence-corrected chi connectivity index (χ2v) is 8.58. The number of amides is 1. The Labute approximate surface area is 142 Å². The summed E-state index contributed by atoms with van der Waals surface area (Å²) in [6.45, 7) is 4.18. The molecule has 0 aliphatic carbocycles. The van der Waals surface area contributed by atoms with Gasteiger partial charge in [0.25, 0.3) is 16.1 Å². The maximum Gasteiger partial charge on any atom is 0.288 e. The van der Waals surface area contributed by atoms with Crippen LogP contribution in [0.15, 0.2) is 6.33 Å². The molecule has 1 amide bonds. The van der Waals surface area contributed by atoms with Crippen molar-refractivity contribution in [2.24, 2.45) is 11.7 Å². The van der Waals surface area contributed by atoms with Gasteiger partial charge in [-0.15, -0.1) is 5.10 Å². The van der Waals surface area contributed by atoms with E-state index in [2.05, 4.69) is 17.0 Å². The average molecular weight is 356 g/mol. The molecular formula is C14H24N6O3S. The van der Waals surface area contributed by atoms with Crippen molar-refractivity contribution in [1.29, 1.82) is 0 Å². The third-order valence-corrected chi connectivity index (χ3v) is 6.86. The molecule has 9 nitrogen and oxygen atoms in total. The van der Waals surface area contributed by atoms with Crippen LogP contribution in [0.4, 0.5) is 0 Å². The van der Waals surface area contributed by atoms with Crippen LogP contribution in [-0.4, -0.2) is 63.9 Å². The molecule has 2 saturated heterocycles. The van der Waals surface area contributed by atoms with Gasteiger partial charge in [-0.1, -0.05) is 6.92 Å².